The normalized spacial score (nSPS) is 10.3. The minimum absolute atomic E-state index is 0.195. The van der Waals surface area contributed by atoms with Crippen LogP contribution in [0.1, 0.15) is 18.4 Å². The third kappa shape index (κ3) is 6.79. The maximum Gasteiger partial charge on any atom is 0.288 e. The Hall–Kier alpha value is -2.79. The zero-order valence-corrected chi connectivity index (χ0v) is 15.4. The monoisotopic (exact) mass is 392 g/mol. The lowest BCUT2D eigenvalue weighted by Crippen LogP contribution is -2.12. The number of rotatable bonds is 9. The zero-order chi connectivity index (χ0) is 19.6. The van der Waals surface area contributed by atoms with Gasteiger partial charge in [-0.1, -0.05) is 11.8 Å². The molecule has 142 valence electrons. The number of nitrogens with one attached hydrogen (secondary N) is 1. The molecule has 0 atom stereocenters. The second-order valence-corrected chi connectivity index (χ2v) is 6.44. The molecule has 0 aliphatic heterocycles. The first-order chi connectivity index (χ1) is 13.0. The summed E-state index contributed by atoms with van der Waals surface area (Å²) >= 11 is 0.455. The van der Waals surface area contributed by atoms with E-state index in [2.05, 4.69) is 5.32 Å². The first-order valence-corrected chi connectivity index (χ1v) is 8.95. The molecule has 0 saturated carbocycles. The van der Waals surface area contributed by atoms with Crippen molar-refractivity contribution in [2.24, 2.45) is 0 Å². The summed E-state index contributed by atoms with van der Waals surface area (Å²) in [5.74, 6) is -1.70. The van der Waals surface area contributed by atoms with E-state index in [4.69, 9.17) is 14.7 Å². The van der Waals surface area contributed by atoms with Gasteiger partial charge < -0.3 is 14.8 Å². The number of hydrogen-bond donors (Lipinski definition) is 1. The first-order valence-electron chi connectivity index (χ1n) is 8.07. The van der Waals surface area contributed by atoms with Gasteiger partial charge in [0.05, 0.1) is 25.3 Å². The maximum absolute atomic E-state index is 12.3. The molecule has 1 amide bonds. The minimum Gasteiger partial charge on any atom is -0.493 e. The van der Waals surface area contributed by atoms with Gasteiger partial charge in [-0.25, -0.2) is 0 Å². The van der Waals surface area contributed by atoms with E-state index in [1.807, 2.05) is 6.07 Å². The van der Waals surface area contributed by atoms with E-state index in [0.717, 1.165) is 0 Å². The highest BCUT2D eigenvalue weighted by atomic mass is 32.2. The van der Waals surface area contributed by atoms with Crippen LogP contribution in [0.5, 0.6) is 11.5 Å². The molecule has 0 saturated heterocycles. The fourth-order valence-electron chi connectivity index (χ4n) is 2.21. The van der Waals surface area contributed by atoms with Crippen LogP contribution in [0.3, 0.4) is 0 Å². The van der Waals surface area contributed by atoms with Crippen molar-refractivity contribution in [1.82, 2.24) is 0 Å². The van der Waals surface area contributed by atoms with Gasteiger partial charge in [0, 0.05) is 23.1 Å². The van der Waals surface area contributed by atoms with Crippen LogP contribution in [0, 0.1) is 11.3 Å². The minimum atomic E-state index is -2.47. The number of nitriles is 1. The molecule has 0 aromatic heterocycles. The van der Waals surface area contributed by atoms with Gasteiger partial charge in [0.1, 0.15) is 0 Å². The molecule has 2 rings (SSSR count). The van der Waals surface area contributed by atoms with Crippen LogP contribution in [0.15, 0.2) is 47.4 Å². The van der Waals surface area contributed by atoms with Crippen LogP contribution in [-0.4, -0.2) is 25.4 Å². The first kappa shape index (κ1) is 20.5. The fraction of sp³-hybridized carbons (Fsp3) is 0.263. The van der Waals surface area contributed by atoms with Crippen molar-refractivity contribution in [3.8, 4) is 17.6 Å². The second-order valence-electron chi connectivity index (χ2n) is 5.38. The zero-order valence-electron chi connectivity index (χ0n) is 14.6. The van der Waals surface area contributed by atoms with Crippen LogP contribution >= 0.6 is 11.8 Å². The standard InChI is InChI=1S/C19H18F2N2O3S/c1-25-17-11-13(12-22)4-9-16(17)26-10-2-3-18(24)23-14-5-7-15(8-6-14)27-19(20)21/h4-9,11,19H,2-3,10H2,1H3,(H,23,24). The van der Waals surface area contributed by atoms with Gasteiger partial charge in [0.25, 0.3) is 5.76 Å². The molecule has 2 aromatic carbocycles. The summed E-state index contributed by atoms with van der Waals surface area (Å²) < 4.78 is 35.3. The molecule has 0 heterocycles. The summed E-state index contributed by atoms with van der Waals surface area (Å²) in [6.45, 7) is 0.305. The molecule has 8 heteroatoms. The van der Waals surface area contributed by atoms with Gasteiger partial charge >= 0.3 is 0 Å². The average Bonchev–Trinajstić information content (AvgIpc) is 2.66. The highest BCUT2D eigenvalue weighted by Crippen LogP contribution is 2.28. The lowest BCUT2D eigenvalue weighted by atomic mass is 10.2. The molecule has 0 aliphatic carbocycles. The van der Waals surface area contributed by atoms with Crippen LogP contribution in [0.25, 0.3) is 0 Å². The Kier molecular flexibility index (Phi) is 7.89. The van der Waals surface area contributed by atoms with Crippen molar-refractivity contribution < 1.29 is 23.0 Å². The van der Waals surface area contributed by atoms with Crippen molar-refractivity contribution in [3.63, 3.8) is 0 Å². The number of alkyl halides is 2. The summed E-state index contributed by atoms with van der Waals surface area (Å²) in [7, 11) is 1.49. The van der Waals surface area contributed by atoms with Gasteiger partial charge in [-0.2, -0.15) is 14.0 Å². The van der Waals surface area contributed by atoms with Gasteiger partial charge in [0.2, 0.25) is 5.91 Å². The lowest BCUT2D eigenvalue weighted by Gasteiger charge is -2.11. The molecular weight excluding hydrogens is 374 g/mol. The van der Waals surface area contributed by atoms with Gasteiger partial charge in [0.15, 0.2) is 11.5 Å². The number of carbonyl (C=O) groups excluding carboxylic acids is 1. The Morgan fingerprint density at radius 1 is 1.22 bits per heavy atom. The fourth-order valence-corrected chi connectivity index (χ4v) is 2.71. The summed E-state index contributed by atoms with van der Waals surface area (Å²) in [5.41, 5.74) is 1.02. The molecule has 1 N–H and O–H groups in total. The van der Waals surface area contributed by atoms with Crippen LogP contribution in [0.4, 0.5) is 14.5 Å². The van der Waals surface area contributed by atoms with Crippen LogP contribution in [-0.2, 0) is 4.79 Å². The van der Waals surface area contributed by atoms with E-state index in [1.54, 1.807) is 30.3 Å². The van der Waals surface area contributed by atoms with Gasteiger partial charge in [-0.15, -0.1) is 0 Å². The highest BCUT2D eigenvalue weighted by Gasteiger charge is 2.08. The number of amides is 1. The maximum atomic E-state index is 12.3. The average molecular weight is 392 g/mol. The van der Waals surface area contributed by atoms with E-state index >= 15 is 0 Å². The molecule has 0 spiro atoms. The lowest BCUT2D eigenvalue weighted by molar-refractivity contribution is -0.116. The van der Waals surface area contributed by atoms with Crippen LogP contribution < -0.4 is 14.8 Å². The van der Waals surface area contributed by atoms with Crippen molar-refractivity contribution in [3.05, 3.63) is 48.0 Å². The van der Waals surface area contributed by atoms with Crippen molar-refractivity contribution in [2.75, 3.05) is 19.0 Å². The SMILES string of the molecule is COc1cc(C#N)ccc1OCCCC(=O)Nc1ccc(SC(F)F)cc1. The Morgan fingerprint density at radius 2 is 1.96 bits per heavy atom. The molecule has 5 nitrogen and oxygen atoms in total. The Balaban J connectivity index is 1.76. The Morgan fingerprint density at radius 3 is 2.59 bits per heavy atom. The number of nitrogens with zero attached hydrogens (tertiary/aromatic N) is 1. The summed E-state index contributed by atoms with van der Waals surface area (Å²) in [4.78, 5) is 12.4. The molecule has 0 fully saturated rings. The van der Waals surface area contributed by atoms with E-state index in [0.29, 0.717) is 52.4 Å². The smallest absolute Gasteiger partial charge is 0.288 e. The van der Waals surface area contributed by atoms with Gasteiger partial charge in [-0.05, 0) is 42.8 Å². The third-order valence-electron chi connectivity index (χ3n) is 3.46. The highest BCUT2D eigenvalue weighted by molar-refractivity contribution is 7.99. The van der Waals surface area contributed by atoms with Gasteiger partial charge in [-0.3, -0.25) is 4.79 Å². The quantitative estimate of drug-likeness (QED) is 0.496. The number of ether oxygens (including phenoxy) is 2. The molecule has 0 radical (unpaired) electrons. The Labute approximate surface area is 160 Å². The molecule has 27 heavy (non-hydrogen) atoms. The summed E-state index contributed by atoms with van der Waals surface area (Å²) in [6, 6.07) is 13.1. The number of hydrogen-bond acceptors (Lipinski definition) is 5. The number of methoxy groups -OCH3 is 1. The second kappa shape index (κ2) is 10.4. The molecular formula is C19H18F2N2O3S. The number of anilines is 1. The molecule has 0 unspecified atom stereocenters. The summed E-state index contributed by atoms with van der Waals surface area (Å²) in [5, 5.41) is 11.6. The predicted octanol–water partition coefficient (Wildman–Crippen LogP) is 4.68. The van der Waals surface area contributed by atoms with Crippen LogP contribution in [0.2, 0.25) is 0 Å². The number of benzene rings is 2. The van der Waals surface area contributed by atoms with E-state index < -0.39 is 5.76 Å². The van der Waals surface area contributed by atoms with E-state index in [1.165, 1.54) is 19.2 Å². The molecule has 2 aromatic rings. The molecule has 0 aliphatic rings. The predicted molar refractivity (Wildman–Crippen MR) is 99.4 cm³/mol. The molecule has 0 bridgehead atoms. The van der Waals surface area contributed by atoms with E-state index in [9.17, 15) is 13.6 Å². The van der Waals surface area contributed by atoms with Crippen molar-refractivity contribution >= 4 is 23.4 Å². The topological polar surface area (TPSA) is 71.3 Å². The van der Waals surface area contributed by atoms with E-state index in [-0.39, 0.29) is 12.3 Å². The third-order valence-corrected chi connectivity index (χ3v) is 4.18. The number of halogens is 2. The van der Waals surface area contributed by atoms with Crippen molar-refractivity contribution in [2.45, 2.75) is 23.5 Å². The Bertz CT molecular complexity index is 808. The number of thioether (sulfide) groups is 1. The summed E-state index contributed by atoms with van der Waals surface area (Å²) in [6.07, 6.45) is 0.723. The number of carbonyl (C=O) groups is 1. The van der Waals surface area contributed by atoms with Crippen molar-refractivity contribution in [1.29, 1.82) is 5.26 Å². The largest absolute Gasteiger partial charge is 0.493 e.